The van der Waals surface area contributed by atoms with Crippen molar-refractivity contribution in [3.63, 3.8) is 0 Å². The van der Waals surface area contributed by atoms with Gasteiger partial charge in [-0.1, -0.05) is 12.1 Å². The van der Waals surface area contributed by atoms with Crippen LogP contribution in [0, 0.1) is 11.8 Å². The van der Waals surface area contributed by atoms with Crippen LogP contribution in [0.5, 0.6) is 0 Å². The first-order chi connectivity index (χ1) is 14.8. The van der Waals surface area contributed by atoms with Crippen LogP contribution in [-0.2, 0) is 20.8 Å². The minimum absolute atomic E-state index is 0.0332. The summed E-state index contributed by atoms with van der Waals surface area (Å²) in [6.45, 7) is 10.6. The van der Waals surface area contributed by atoms with E-state index in [-0.39, 0.29) is 17.9 Å². The molecule has 31 heavy (non-hydrogen) atoms. The summed E-state index contributed by atoms with van der Waals surface area (Å²) in [5.74, 6) is 0.529. The number of nitrogens with zero attached hydrogens (tertiary/aromatic N) is 1. The standard InChI is InChI=1S/C24H37N3O4/c1-24(2,3)31-23(29)25-16-18-4-8-20(9-5-18)22(28)26-21-10-6-19(7-11-21)17-27-12-14-30-15-13-27/h6-7,10-11,18,20H,4-5,8-9,12-17H2,1-3H3,(H,25,29)(H,26,28). The zero-order valence-electron chi connectivity index (χ0n) is 19.1. The summed E-state index contributed by atoms with van der Waals surface area (Å²) in [5, 5.41) is 5.93. The van der Waals surface area contributed by atoms with Crippen molar-refractivity contribution in [2.24, 2.45) is 11.8 Å². The topological polar surface area (TPSA) is 79.9 Å². The van der Waals surface area contributed by atoms with Crippen molar-refractivity contribution in [1.29, 1.82) is 0 Å². The van der Waals surface area contributed by atoms with Crippen LogP contribution in [0.1, 0.15) is 52.0 Å². The second kappa shape index (κ2) is 11.0. The van der Waals surface area contributed by atoms with Crippen LogP contribution in [0.15, 0.2) is 24.3 Å². The van der Waals surface area contributed by atoms with Crippen molar-refractivity contribution in [1.82, 2.24) is 10.2 Å². The van der Waals surface area contributed by atoms with Gasteiger partial charge in [-0.25, -0.2) is 4.79 Å². The maximum atomic E-state index is 12.7. The number of carbonyl (C=O) groups is 2. The van der Waals surface area contributed by atoms with Crippen molar-refractivity contribution in [2.45, 2.75) is 58.6 Å². The molecule has 2 amide bonds. The highest BCUT2D eigenvalue weighted by Crippen LogP contribution is 2.29. The molecule has 172 valence electrons. The predicted molar refractivity (Wildman–Crippen MR) is 121 cm³/mol. The molecule has 0 radical (unpaired) electrons. The number of ether oxygens (including phenoxy) is 2. The molecular weight excluding hydrogens is 394 g/mol. The van der Waals surface area contributed by atoms with Crippen LogP contribution < -0.4 is 10.6 Å². The van der Waals surface area contributed by atoms with Gasteiger partial charge in [0.15, 0.2) is 0 Å². The number of hydrogen-bond acceptors (Lipinski definition) is 5. The maximum Gasteiger partial charge on any atom is 0.407 e. The zero-order chi connectivity index (χ0) is 22.3. The van der Waals surface area contributed by atoms with E-state index in [2.05, 4.69) is 27.7 Å². The van der Waals surface area contributed by atoms with Crippen molar-refractivity contribution < 1.29 is 19.1 Å². The third kappa shape index (κ3) is 8.15. The van der Waals surface area contributed by atoms with Crippen molar-refractivity contribution in [3.8, 4) is 0 Å². The Balaban J connectivity index is 1.37. The number of rotatable bonds is 6. The summed E-state index contributed by atoms with van der Waals surface area (Å²) in [5.41, 5.74) is 1.61. The lowest BCUT2D eigenvalue weighted by Crippen LogP contribution is -2.37. The van der Waals surface area contributed by atoms with Gasteiger partial charge < -0.3 is 20.1 Å². The normalized spacial score (nSPS) is 22.5. The summed E-state index contributed by atoms with van der Waals surface area (Å²) < 4.78 is 10.7. The molecule has 1 aliphatic carbocycles. The molecule has 1 saturated heterocycles. The second-order valence-electron chi connectivity index (χ2n) is 9.68. The van der Waals surface area contributed by atoms with E-state index < -0.39 is 5.60 Å². The first-order valence-electron chi connectivity index (χ1n) is 11.5. The van der Waals surface area contributed by atoms with Crippen molar-refractivity contribution in [3.05, 3.63) is 29.8 Å². The first kappa shape index (κ1) is 23.5. The number of amides is 2. The number of morpholine rings is 1. The van der Waals surface area contributed by atoms with E-state index in [9.17, 15) is 9.59 Å². The van der Waals surface area contributed by atoms with Gasteiger partial charge in [0, 0.05) is 37.8 Å². The number of hydrogen-bond donors (Lipinski definition) is 2. The molecule has 1 heterocycles. The van der Waals surface area contributed by atoms with E-state index >= 15 is 0 Å². The quantitative estimate of drug-likeness (QED) is 0.716. The van der Waals surface area contributed by atoms with Gasteiger partial charge in [-0.15, -0.1) is 0 Å². The van der Waals surface area contributed by atoms with Gasteiger partial charge in [-0.3, -0.25) is 9.69 Å². The molecule has 7 nitrogen and oxygen atoms in total. The van der Waals surface area contributed by atoms with Crippen molar-refractivity contribution in [2.75, 3.05) is 38.2 Å². The average molecular weight is 432 g/mol. The molecule has 2 N–H and O–H groups in total. The molecule has 0 atom stereocenters. The number of anilines is 1. The molecule has 7 heteroatoms. The second-order valence-corrected chi connectivity index (χ2v) is 9.68. The summed E-state index contributed by atoms with van der Waals surface area (Å²) in [6, 6.07) is 8.16. The molecule has 1 saturated carbocycles. The minimum Gasteiger partial charge on any atom is -0.444 e. The van der Waals surface area contributed by atoms with Crippen LogP contribution in [0.25, 0.3) is 0 Å². The largest absolute Gasteiger partial charge is 0.444 e. The lowest BCUT2D eigenvalue weighted by Gasteiger charge is -2.28. The number of nitrogens with one attached hydrogen (secondary N) is 2. The number of benzene rings is 1. The molecular formula is C24H37N3O4. The SMILES string of the molecule is CC(C)(C)OC(=O)NCC1CCC(C(=O)Nc2ccc(CN3CCOCC3)cc2)CC1. The first-order valence-corrected chi connectivity index (χ1v) is 11.5. The Hall–Kier alpha value is -2.12. The van der Waals surface area contributed by atoms with Gasteiger partial charge in [0.25, 0.3) is 0 Å². The van der Waals surface area contributed by atoms with E-state index in [1.807, 2.05) is 32.9 Å². The highest BCUT2D eigenvalue weighted by atomic mass is 16.6. The van der Waals surface area contributed by atoms with E-state index in [1.54, 1.807) is 0 Å². The summed E-state index contributed by atoms with van der Waals surface area (Å²) in [7, 11) is 0. The summed E-state index contributed by atoms with van der Waals surface area (Å²) in [4.78, 5) is 26.9. The molecule has 1 aliphatic heterocycles. The molecule has 3 rings (SSSR count). The highest BCUT2D eigenvalue weighted by molar-refractivity contribution is 5.92. The molecule has 0 aromatic heterocycles. The lowest BCUT2D eigenvalue weighted by atomic mass is 9.81. The van der Waals surface area contributed by atoms with E-state index in [1.165, 1.54) is 5.56 Å². The lowest BCUT2D eigenvalue weighted by molar-refractivity contribution is -0.121. The molecule has 0 spiro atoms. The Morgan fingerprint density at radius 2 is 1.71 bits per heavy atom. The summed E-state index contributed by atoms with van der Waals surface area (Å²) >= 11 is 0. The van der Waals surface area contributed by atoms with Gasteiger partial charge in [0.1, 0.15) is 5.60 Å². The highest BCUT2D eigenvalue weighted by Gasteiger charge is 2.27. The Morgan fingerprint density at radius 1 is 1.06 bits per heavy atom. The number of carbonyl (C=O) groups excluding carboxylic acids is 2. The Morgan fingerprint density at radius 3 is 2.32 bits per heavy atom. The summed E-state index contributed by atoms with van der Waals surface area (Å²) in [6.07, 6.45) is 3.20. The van der Waals surface area contributed by atoms with E-state index in [0.29, 0.717) is 12.5 Å². The molecule has 0 bridgehead atoms. The molecule has 0 unspecified atom stereocenters. The van der Waals surface area contributed by atoms with E-state index in [0.717, 1.165) is 64.2 Å². The minimum atomic E-state index is -0.486. The van der Waals surface area contributed by atoms with Gasteiger partial charge in [0.2, 0.25) is 5.91 Å². The molecule has 2 fully saturated rings. The predicted octanol–water partition coefficient (Wildman–Crippen LogP) is 3.79. The van der Waals surface area contributed by atoms with Crippen molar-refractivity contribution >= 4 is 17.7 Å². The fraction of sp³-hybridized carbons (Fsp3) is 0.667. The van der Waals surface area contributed by atoms with Gasteiger partial charge in [0.05, 0.1) is 13.2 Å². The fourth-order valence-corrected chi connectivity index (χ4v) is 4.13. The van der Waals surface area contributed by atoms with Crippen LogP contribution in [0.2, 0.25) is 0 Å². The zero-order valence-corrected chi connectivity index (χ0v) is 19.1. The average Bonchev–Trinajstić information content (AvgIpc) is 2.73. The van der Waals surface area contributed by atoms with Gasteiger partial charge >= 0.3 is 6.09 Å². The van der Waals surface area contributed by atoms with Gasteiger partial charge in [-0.2, -0.15) is 0 Å². The van der Waals surface area contributed by atoms with Crippen LogP contribution in [0.3, 0.4) is 0 Å². The third-order valence-electron chi connectivity index (χ3n) is 5.88. The Bertz CT molecular complexity index is 715. The fourth-order valence-electron chi connectivity index (χ4n) is 4.13. The Labute approximate surface area is 185 Å². The molecule has 1 aromatic rings. The third-order valence-corrected chi connectivity index (χ3v) is 5.88. The van der Waals surface area contributed by atoms with Crippen LogP contribution >= 0.6 is 0 Å². The van der Waals surface area contributed by atoms with E-state index in [4.69, 9.17) is 9.47 Å². The van der Waals surface area contributed by atoms with Crippen LogP contribution in [0.4, 0.5) is 10.5 Å². The van der Waals surface area contributed by atoms with Crippen LogP contribution in [-0.4, -0.2) is 55.3 Å². The molecule has 1 aromatic carbocycles. The number of alkyl carbamates (subject to hydrolysis) is 1. The smallest absolute Gasteiger partial charge is 0.407 e. The monoisotopic (exact) mass is 431 g/mol. The molecule has 2 aliphatic rings. The van der Waals surface area contributed by atoms with Gasteiger partial charge in [-0.05, 0) is 70.1 Å². The maximum absolute atomic E-state index is 12.7. The Kier molecular flexibility index (Phi) is 8.32.